The van der Waals surface area contributed by atoms with E-state index in [1.165, 1.54) is 17.8 Å². The average molecular weight is 427 g/mol. The number of anilines is 2. The Morgan fingerprint density at radius 3 is 2.53 bits per heavy atom. The van der Waals surface area contributed by atoms with Crippen molar-refractivity contribution in [1.82, 2.24) is 19.9 Å². The van der Waals surface area contributed by atoms with E-state index in [0.717, 1.165) is 40.0 Å². The normalized spacial score (nSPS) is 11.6. The fraction of sp³-hybridized carbons (Fsp3) is 0.143. The standard InChI is InChI=1S/C21H16F3N5S/c1-12-18(14-6-5-13-4-3-9-25-16(13)10-14)28-20(30-2)29-19(12)27-17-8-7-15(11-26-17)21(22,23)24/h3-11H,1-2H3,(H,26,27,28,29). The van der Waals surface area contributed by atoms with Crippen LogP contribution in [0.15, 0.2) is 60.0 Å². The lowest BCUT2D eigenvalue weighted by Crippen LogP contribution is -2.07. The molecule has 30 heavy (non-hydrogen) atoms. The minimum atomic E-state index is -4.43. The van der Waals surface area contributed by atoms with Crippen LogP contribution in [-0.2, 0) is 6.18 Å². The number of thioether (sulfide) groups is 1. The number of fused-ring (bicyclic) bond motifs is 1. The summed E-state index contributed by atoms with van der Waals surface area (Å²) in [6.07, 6.45) is -0.0456. The van der Waals surface area contributed by atoms with Crippen molar-refractivity contribution in [3.8, 4) is 11.3 Å². The number of hydrogen-bond acceptors (Lipinski definition) is 6. The van der Waals surface area contributed by atoms with Crippen molar-refractivity contribution in [2.75, 3.05) is 11.6 Å². The fourth-order valence-electron chi connectivity index (χ4n) is 2.96. The highest BCUT2D eigenvalue weighted by Gasteiger charge is 2.30. The molecule has 152 valence electrons. The van der Waals surface area contributed by atoms with Gasteiger partial charge in [0.2, 0.25) is 0 Å². The molecule has 0 bridgehead atoms. The number of rotatable bonds is 4. The molecule has 5 nitrogen and oxygen atoms in total. The maximum Gasteiger partial charge on any atom is 0.417 e. The molecule has 0 aliphatic carbocycles. The summed E-state index contributed by atoms with van der Waals surface area (Å²) in [6.45, 7) is 1.86. The van der Waals surface area contributed by atoms with E-state index in [0.29, 0.717) is 11.0 Å². The summed E-state index contributed by atoms with van der Waals surface area (Å²) in [7, 11) is 0. The van der Waals surface area contributed by atoms with Gasteiger partial charge < -0.3 is 5.32 Å². The maximum atomic E-state index is 12.8. The molecule has 0 unspecified atom stereocenters. The van der Waals surface area contributed by atoms with Crippen molar-refractivity contribution in [1.29, 1.82) is 0 Å². The molecule has 1 N–H and O–H groups in total. The Labute approximate surface area is 174 Å². The number of alkyl halides is 3. The van der Waals surface area contributed by atoms with Gasteiger partial charge in [0.1, 0.15) is 11.6 Å². The Morgan fingerprint density at radius 2 is 1.83 bits per heavy atom. The highest BCUT2D eigenvalue weighted by atomic mass is 32.2. The van der Waals surface area contributed by atoms with Crippen molar-refractivity contribution in [3.63, 3.8) is 0 Å². The molecule has 0 atom stereocenters. The summed E-state index contributed by atoms with van der Waals surface area (Å²) >= 11 is 1.37. The molecule has 0 saturated carbocycles. The zero-order valence-electron chi connectivity index (χ0n) is 16.0. The van der Waals surface area contributed by atoms with Gasteiger partial charge in [0.05, 0.1) is 16.8 Å². The quantitative estimate of drug-likeness (QED) is 0.324. The average Bonchev–Trinajstić information content (AvgIpc) is 2.74. The number of nitrogens with zero attached hydrogens (tertiary/aromatic N) is 4. The highest BCUT2D eigenvalue weighted by molar-refractivity contribution is 7.98. The summed E-state index contributed by atoms with van der Waals surface area (Å²) in [4.78, 5) is 17.4. The lowest BCUT2D eigenvalue weighted by molar-refractivity contribution is -0.137. The topological polar surface area (TPSA) is 63.6 Å². The lowest BCUT2D eigenvalue weighted by Gasteiger charge is -2.14. The number of halogens is 3. The molecule has 4 aromatic rings. The minimum Gasteiger partial charge on any atom is -0.325 e. The monoisotopic (exact) mass is 427 g/mol. The molecule has 0 aliphatic rings. The summed E-state index contributed by atoms with van der Waals surface area (Å²) in [5.74, 6) is 0.751. The van der Waals surface area contributed by atoms with Crippen LogP contribution in [0.2, 0.25) is 0 Å². The van der Waals surface area contributed by atoms with Crippen LogP contribution in [0.5, 0.6) is 0 Å². The van der Waals surface area contributed by atoms with Gasteiger partial charge in [-0.05, 0) is 37.4 Å². The van der Waals surface area contributed by atoms with Crippen LogP contribution in [0.4, 0.5) is 24.8 Å². The van der Waals surface area contributed by atoms with Crippen molar-refractivity contribution in [3.05, 3.63) is 66.0 Å². The summed E-state index contributed by atoms with van der Waals surface area (Å²) < 4.78 is 38.3. The molecule has 0 radical (unpaired) electrons. The molecule has 0 spiro atoms. The number of hydrogen-bond donors (Lipinski definition) is 1. The van der Waals surface area contributed by atoms with Gasteiger partial charge in [0.15, 0.2) is 5.16 Å². The van der Waals surface area contributed by atoms with Crippen LogP contribution in [0.25, 0.3) is 22.2 Å². The summed E-state index contributed by atoms with van der Waals surface area (Å²) in [5.41, 5.74) is 2.39. The Kier molecular flexibility index (Phi) is 5.29. The smallest absolute Gasteiger partial charge is 0.325 e. The van der Waals surface area contributed by atoms with Crippen LogP contribution in [0, 0.1) is 6.92 Å². The molecule has 1 aromatic carbocycles. The Balaban J connectivity index is 1.74. The third-order valence-electron chi connectivity index (χ3n) is 4.52. The predicted molar refractivity (Wildman–Crippen MR) is 112 cm³/mol. The van der Waals surface area contributed by atoms with Crippen LogP contribution >= 0.6 is 11.8 Å². The van der Waals surface area contributed by atoms with E-state index in [9.17, 15) is 13.2 Å². The second-order valence-electron chi connectivity index (χ2n) is 6.50. The van der Waals surface area contributed by atoms with Gasteiger partial charge in [-0.1, -0.05) is 30.0 Å². The van der Waals surface area contributed by atoms with E-state index in [2.05, 4.69) is 25.3 Å². The molecule has 0 saturated heterocycles. The van der Waals surface area contributed by atoms with Crippen LogP contribution in [-0.4, -0.2) is 26.2 Å². The molecule has 0 aliphatic heterocycles. The van der Waals surface area contributed by atoms with Gasteiger partial charge >= 0.3 is 6.18 Å². The van der Waals surface area contributed by atoms with Crippen molar-refractivity contribution in [2.24, 2.45) is 0 Å². The molecule has 3 heterocycles. The second kappa shape index (κ2) is 7.91. The Bertz CT molecular complexity index is 1210. The fourth-order valence-corrected chi connectivity index (χ4v) is 3.33. The van der Waals surface area contributed by atoms with Gasteiger partial charge in [0, 0.05) is 28.9 Å². The van der Waals surface area contributed by atoms with Crippen LogP contribution < -0.4 is 5.32 Å². The van der Waals surface area contributed by atoms with Crippen LogP contribution in [0.1, 0.15) is 11.1 Å². The Morgan fingerprint density at radius 1 is 1.00 bits per heavy atom. The van der Waals surface area contributed by atoms with Crippen LogP contribution in [0.3, 0.4) is 0 Å². The molecule has 9 heteroatoms. The first kappa shape index (κ1) is 20.1. The number of nitrogens with one attached hydrogen (secondary N) is 1. The van der Waals surface area contributed by atoms with Gasteiger partial charge in [-0.15, -0.1) is 0 Å². The predicted octanol–water partition coefficient (Wildman–Crippen LogP) is 5.88. The molecule has 4 rings (SSSR count). The first-order valence-electron chi connectivity index (χ1n) is 8.93. The van der Waals surface area contributed by atoms with E-state index >= 15 is 0 Å². The van der Waals surface area contributed by atoms with Crippen molar-refractivity contribution >= 4 is 34.3 Å². The van der Waals surface area contributed by atoms with E-state index in [1.807, 2.05) is 43.5 Å². The lowest BCUT2D eigenvalue weighted by atomic mass is 10.0. The van der Waals surface area contributed by atoms with E-state index < -0.39 is 11.7 Å². The summed E-state index contributed by atoms with van der Waals surface area (Å²) in [6, 6.07) is 12.0. The summed E-state index contributed by atoms with van der Waals surface area (Å²) in [5, 5.41) is 4.57. The highest BCUT2D eigenvalue weighted by Crippen LogP contribution is 2.32. The van der Waals surface area contributed by atoms with Gasteiger partial charge in [-0.3, -0.25) is 4.98 Å². The van der Waals surface area contributed by atoms with Gasteiger partial charge in [0.25, 0.3) is 0 Å². The van der Waals surface area contributed by atoms with Gasteiger partial charge in [-0.2, -0.15) is 13.2 Å². The first-order valence-corrected chi connectivity index (χ1v) is 10.2. The molecule has 3 aromatic heterocycles. The van der Waals surface area contributed by atoms with Gasteiger partial charge in [-0.25, -0.2) is 15.0 Å². The third-order valence-corrected chi connectivity index (χ3v) is 5.07. The number of aromatic nitrogens is 4. The molecular formula is C21H16F3N5S. The second-order valence-corrected chi connectivity index (χ2v) is 7.27. The first-order chi connectivity index (χ1) is 14.3. The van der Waals surface area contributed by atoms with E-state index in [4.69, 9.17) is 0 Å². The number of benzene rings is 1. The molecular weight excluding hydrogens is 411 g/mol. The largest absolute Gasteiger partial charge is 0.417 e. The van der Waals surface area contributed by atoms with E-state index in [1.54, 1.807) is 6.20 Å². The Hall–Kier alpha value is -3.20. The maximum absolute atomic E-state index is 12.8. The SMILES string of the molecule is CSc1nc(Nc2ccc(C(F)(F)F)cn2)c(C)c(-c2ccc3cccnc3c2)n1. The molecule has 0 amide bonds. The van der Waals surface area contributed by atoms with E-state index in [-0.39, 0.29) is 5.82 Å². The third kappa shape index (κ3) is 4.06. The van der Waals surface area contributed by atoms with Crippen molar-refractivity contribution in [2.45, 2.75) is 18.3 Å². The number of pyridine rings is 2. The zero-order chi connectivity index (χ0) is 21.3. The zero-order valence-corrected chi connectivity index (χ0v) is 16.8. The molecule has 0 fully saturated rings. The minimum absolute atomic E-state index is 0.267. The van der Waals surface area contributed by atoms with Crippen molar-refractivity contribution < 1.29 is 13.2 Å².